The first-order valence-electron chi connectivity index (χ1n) is 6.62. The highest BCUT2D eigenvalue weighted by atomic mass is 35.5. The predicted octanol–water partition coefficient (Wildman–Crippen LogP) is 2.97. The molecule has 0 radical (unpaired) electrons. The number of nitrogens with one attached hydrogen (secondary N) is 1. The van der Waals surface area contributed by atoms with Gasteiger partial charge in [-0.3, -0.25) is 4.79 Å². The minimum absolute atomic E-state index is 0.0156. The van der Waals surface area contributed by atoms with Crippen LogP contribution in [-0.4, -0.2) is 23.8 Å². The number of hydrogen-bond acceptors (Lipinski definition) is 3. The number of carbonyl (C=O) groups is 1. The molecule has 120 valence electrons. The number of halogens is 2. The van der Waals surface area contributed by atoms with E-state index in [1.54, 1.807) is 25.2 Å². The minimum Gasteiger partial charge on any atom is -0.482 e. The molecule has 0 fully saturated rings. The Labute approximate surface area is 139 Å². The summed E-state index contributed by atoms with van der Waals surface area (Å²) in [6.45, 7) is -0.0156. The van der Waals surface area contributed by atoms with Gasteiger partial charge in [-0.15, -0.1) is 0 Å². The fourth-order valence-corrected chi connectivity index (χ4v) is 3.14. The van der Waals surface area contributed by atoms with Gasteiger partial charge in [-0.2, -0.15) is 0 Å². The molecule has 1 heterocycles. The second-order valence-corrected chi connectivity index (χ2v) is 6.49. The first-order valence-corrected chi connectivity index (χ1v) is 8.15. The van der Waals surface area contributed by atoms with Gasteiger partial charge in [0.2, 0.25) is 0 Å². The van der Waals surface area contributed by atoms with Crippen LogP contribution in [0.15, 0.2) is 41.3 Å². The summed E-state index contributed by atoms with van der Waals surface area (Å²) in [6.07, 6.45) is 0. The Morgan fingerprint density at radius 3 is 2.83 bits per heavy atom. The first-order chi connectivity index (χ1) is 11.0. The lowest BCUT2D eigenvalue weighted by Crippen LogP contribution is -2.35. The Bertz CT molecular complexity index is 815. The Morgan fingerprint density at radius 1 is 1.30 bits per heavy atom. The average molecular weight is 355 g/mol. The molecule has 1 aliphatic rings. The molecular formula is C15H12ClFN2O3S. The summed E-state index contributed by atoms with van der Waals surface area (Å²) in [4.78, 5) is 13.6. The average Bonchev–Trinajstić information content (AvgIpc) is 2.54. The van der Waals surface area contributed by atoms with Gasteiger partial charge in [0.15, 0.2) is 6.61 Å². The predicted molar refractivity (Wildman–Crippen MR) is 86.8 cm³/mol. The van der Waals surface area contributed by atoms with E-state index in [2.05, 4.69) is 4.72 Å². The van der Waals surface area contributed by atoms with Gasteiger partial charge in [0.1, 0.15) is 22.6 Å². The molecule has 5 nitrogen and oxygen atoms in total. The van der Waals surface area contributed by atoms with Gasteiger partial charge in [0.05, 0.1) is 15.6 Å². The molecule has 1 unspecified atom stereocenters. The number of carbonyl (C=O) groups excluding carboxylic acids is 1. The van der Waals surface area contributed by atoms with Crippen molar-refractivity contribution in [2.75, 3.05) is 23.3 Å². The molecule has 0 bridgehead atoms. The van der Waals surface area contributed by atoms with Crippen LogP contribution in [-0.2, 0) is 15.8 Å². The van der Waals surface area contributed by atoms with Crippen LogP contribution >= 0.6 is 11.6 Å². The van der Waals surface area contributed by atoms with Crippen molar-refractivity contribution in [2.45, 2.75) is 4.90 Å². The Hall–Kier alpha value is -2.12. The van der Waals surface area contributed by atoms with Crippen LogP contribution in [0.3, 0.4) is 0 Å². The molecule has 8 heteroatoms. The molecule has 0 spiro atoms. The molecular weight excluding hydrogens is 343 g/mol. The lowest BCUT2D eigenvalue weighted by Gasteiger charge is -2.26. The number of likely N-dealkylation sites (N-methyl/N-ethyl adjacent to an activating group) is 1. The molecule has 1 N–H and O–H groups in total. The topological polar surface area (TPSA) is 58.6 Å². The first kappa shape index (κ1) is 15.8. The maximum Gasteiger partial charge on any atom is 0.264 e. The van der Waals surface area contributed by atoms with Crippen molar-refractivity contribution >= 4 is 39.9 Å². The summed E-state index contributed by atoms with van der Waals surface area (Å²) in [6, 6.07) is 8.89. The number of amides is 1. The van der Waals surface area contributed by atoms with Gasteiger partial charge < -0.3 is 14.4 Å². The summed E-state index contributed by atoms with van der Waals surface area (Å²) >= 11 is 5.70. The van der Waals surface area contributed by atoms with Crippen molar-refractivity contribution in [3.05, 3.63) is 47.2 Å². The van der Waals surface area contributed by atoms with Crippen molar-refractivity contribution in [3.8, 4) is 5.75 Å². The minimum atomic E-state index is -1.60. The zero-order valence-corrected chi connectivity index (χ0v) is 13.6. The molecule has 0 aromatic heterocycles. The Kier molecular flexibility index (Phi) is 4.23. The van der Waals surface area contributed by atoms with E-state index in [-0.39, 0.29) is 17.5 Å². The highest BCUT2D eigenvalue weighted by Gasteiger charge is 2.23. The van der Waals surface area contributed by atoms with Crippen LogP contribution in [0.5, 0.6) is 5.75 Å². The van der Waals surface area contributed by atoms with Crippen LogP contribution in [0.4, 0.5) is 15.8 Å². The number of nitrogens with zero attached hydrogens (tertiary/aromatic N) is 1. The highest BCUT2D eigenvalue weighted by molar-refractivity contribution is 7.86. The van der Waals surface area contributed by atoms with Crippen LogP contribution in [0.25, 0.3) is 0 Å². The third-order valence-corrected chi connectivity index (χ3v) is 4.75. The summed E-state index contributed by atoms with van der Waals surface area (Å²) in [5.41, 5.74) is 0.971. The van der Waals surface area contributed by atoms with Crippen molar-refractivity contribution < 1.29 is 18.1 Å². The smallest absolute Gasteiger partial charge is 0.264 e. The lowest BCUT2D eigenvalue weighted by molar-refractivity contribution is -0.120. The van der Waals surface area contributed by atoms with E-state index < -0.39 is 16.8 Å². The number of rotatable bonds is 3. The molecule has 1 atom stereocenters. The van der Waals surface area contributed by atoms with Crippen LogP contribution in [0, 0.1) is 5.82 Å². The fourth-order valence-electron chi connectivity index (χ4n) is 2.09. The SMILES string of the molecule is CN1C(=O)COc2ccc(S(=O)Nc3ccc(F)c(Cl)c3)cc21. The van der Waals surface area contributed by atoms with Crippen LogP contribution in [0.2, 0.25) is 5.02 Å². The van der Waals surface area contributed by atoms with Gasteiger partial charge in [0.25, 0.3) is 5.91 Å². The number of anilines is 2. The van der Waals surface area contributed by atoms with Crippen molar-refractivity contribution in [2.24, 2.45) is 0 Å². The molecule has 23 heavy (non-hydrogen) atoms. The van der Waals surface area contributed by atoms with E-state index in [4.69, 9.17) is 16.3 Å². The van der Waals surface area contributed by atoms with E-state index in [0.29, 0.717) is 22.0 Å². The van der Waals surface area contributed by atoms with E-state index in [0.717, 1.165) is 0 Å². The molecule has 1 amide bonds. The van der Waals surface area contributed by atoms with Gasteiger partial charge in [-0.25, -0.2) is 8.60 Å². The monoisotopic (exact) mass is 354 g/mol. The maximum atomic E-state index is 13.1. The number of fused-ring (bicyclic) bond motifs is 1. The molecule has 0 saturated heterocycles. The molecule has 0 saturated carbocycles. The van der Waals surface area contributed by atoms with Gasteiger partial charge in [-0.1, -0.05) is 11.6 Å². The molecule has 3 rings (SSSR count). The van der Waals surface area contributed by atoms with Gasteiger partial charge in [0, 0.05) is 12.7 Å². The molecule has 0 aliphatic carbocycles. The van der Waals surface area contributed by atoms with E-state index >= 15 is 0 Å². The quantitative estimate of drug-likeness (QED) is 0.921. The van der Waals surface area contributed by atoms with Gasteiger partial charge >= 0.3 is 0 Å². The molecule has 1 aliphatic heterocycles. The van der Waals surface area contributed by atoms with Crippen LogP contribution in [0.1, 0.15) is 0 Å². The molecule has 2 aromatic rings. The van der Waals surface area contributed by atoms with Gasteiger partial charge in [-0.05, 0) is 36.4 Å². The second-order valence-electron chi connectivity index (χ2n) is 4.87. The van der Waals surface area contributed by atoms with Crippen LogP contribution < -0.4 is 14.4 Å². The summed E-state index contributed by atoms with van der Waals surface area (Å²) < 4.78 is 33.6. The van der Waals surface area contributed by atoms with E-state index in [9.17, 15) is 13.4 Å². The maximum absolute atomic E-state index is 13.1. The van der Waals surface area contributed by atoms with Crippen molar-refractivity contribution in [1.82, 2.24) is 0 Å². The summed E-state index contributed by atoms with van der Waals surface area (Å²) in [7, 11) is 0.0304. The lowest BCUT2D eigenvalue weighted by atomic mass is 10.2. The summed E-state index contributed by atoms with van der Waals surface area (Å²) in [5, 5.41) is -0.0591. The second kappa shape index (κ2) is 6.17. The largest absolute Gasteiger partial charge is 0.482 e. The highest BCUT2D eigenvalue weighted by Crippen LogP contribution is 2.33. The number of ether oxygens (including phenoxy) is 1. The zero-order valence-electron chi connectivity index (χ0n) is 12.0. The van der Waals surface area contributed by atoms with Crippen molar-refractivity contribution in [1.29, 1.82) is 0 Å². The Morgan fingerprint density at radius 2 is 2.09 bits per heavy atom. The number of hydrogen-bond donors (Lipinski definition) is 1. The standard InChI is InChI=1S/C15H12ClFN2O3S/c1-19-13-7-10(3-5-14(13)22-8-15(19)20)23(21)18-9-2-4-12(17)11(16)6-9/h2-7,18H,8H2,1H3. The molecule has 2 aromatic carbocycles. The third kappa shape index (κ3) is 3.16. The van der Waals surface area contributed by atoms with Crippen molar-refractivity contribution in [3.63, 3.8) is 0 Å². The third-order valence-electron chi connectivity index (χ3n) is 3.36. The fraction of sp³-hybridized carbons (Fsp3) is 0.133. The van der Waals surface area contributed by atoms with E-state index in [1.165, 1.54) is 23.1 Å². The van der Waals surface area contributed by atoms with E-state index in [1.807, 2.05) is 0 Å². The zero-order chi connectivity index (χ0) is 16.6. The number of benzene rings is 2. The summed E-state index contributed by atoms with van der Waals surface area (Å²) in [5.74, 6) is -0.176. The Balaban J connectivity index is 1.85. The normalized spacial score (nSPS) is 14.9.